The SMILES string of the molecule is CC(C)n1c(C2CC2)nc(-c2ccc(Cl)cc2F)c1N. The van der Waals surface area contributed by atoms with Gasteiger partial charge in [-0.2, -0.15) is 0 Å². The van der Waals surface area contributed by atoms with Crippen molar-refractivity contribution >= 4 is 17.4 Å². The molecule has 0 bridgehead atoms. The molecule has 3 rings (SSSR count). The van der Waals surface area contributed by atoms with Gasteiger partial charge in [0.15, 0.2) is 0 Å². The molecule has 0 radical (unpaired) electrons. The van der Waals surface area contributed by atoms with E-state index in [1.165, 1.54) is 6.07 Å². The summed E-state index contributed by atoms with van der Waals surface area (Å²) in [6.45, 7) is 4.12. The number of nitrogen functional groups attached to an aromatic ring is 1. The number of halogens is 2. The highest BCUT2D eigenvalue weighted by molar-refractivity contribution is 6.30. The second-order valence-corrected chi connectivity index (χ2v) is 6.00. The fourth-order valence-electron chi connectivity index (χ4n) is 2.52. The summed E-state index contributed by atoms with van der Waals surface area (Å²) in [4.78, 5) is 4.61. The summed E-state index contributed by atoms with van der Waals surface area (Å²) in [6, 6.07) is 4.80. The van der Waals surface area contributed by atoms with Crippen molar-refractivity contribution in [1.82, 2.24) is 9.55 Å². The van der Waals surface area contributed by atoms with Crippen LogP contribution >= 0.6 is 11.6 Å². The zero-order chi connectivity index (χ0) is 14.4. The lowest BCUT2D eigenvalue weighted by Gasteiger charge is -2.13. The fourth-order valence-corrected chi connectivity index (χ4v) is 2.67. The molecule has 3 nitrogen and oxygen atoms in total. The van der Waals surface area contributed by atoms with E-state index in [4.69, 9.17) is 17.3 Å². The molecule has 1 heterocycles. The molecular formula is C15H17ClFN3. The number of nitrogens with zero attached hydrogens (tertiary/aromatic N) is 2. The molecule has 20 heavy (non-hydrogen) atoms. The molecule has 1 fully saturated rings. The van der Waals surface area contributed by atoms with Gasteiger partial charge < -0.3 is 10.3 Å². The Morgan fingerprint density at radius 2 is 2.10 bits per heavy atom. The van der Waals surface area contributed by atoms with Gasteiger partial charge in [0.05, 0.1) is 0 Å². The third-order valence-corrected chi connectivity index (χ3v) is 3.86. The van der Waals surface area contributed by atoms with Crippen LogP contribution in [0.3, 0.4) is 0 Å². The largest absolute Gasteiger partial charge is 0.383 e. The van der Waals surface area contributed by atoms with Crippen LogP contribution in [0.2, 0.25) is 5.02 Å². The minimum atomic E-state index is -0.389. The molecule has 106 valence electrons. The quantitative estimate of drug-likeness (QED) is 0.912. The van der Waals surface area contributed by atoms with Gasteiger partial charge in [0.25, 0.3) is 0 Å². The van der Waals surface area contributed by atoms with Crippen LogP contribution in [-0.4, -0.2) is 9.55 Å². The van der Waals surface area contributed by atoms with Gasteiger partial charge in [-0.1, -0.05) is 11.6 Å². The Bertz CT molecular complexity index is 659. The summed E-state index contributed by atoms with van der Waals surface area (Å²) in [5, 5.41) is 0.371. The number of rotatable bonds is 3. The summed E-state index contributed by atoms with van der Waals surface area (Å²) in [5.74, 6) is 1.58. The maximum atomic E-state index is 14.1. The molecule has 0 saturated heterocycles. The van der Waals surface area contributed by atoms with Crippen molar-refractivity contribution in [2.24, 2.45) is 0 Å². The van der Waals surface area contributed by atoms with Crippen molar-refractivity contribution in [2.75, 3.05) is 5.73 Å². The molecule has 1 aromatic heterocycles. The predicted octanol–water partition coefficient (Wildman–Crippen LogP) is 4.38. The van der Waals surface area contributed by atoms with Gasteiger partial charge in [-0.3, -0.25) is 0 Å². The van der Waals surface area contributed by atoms with Gasteiger partial charge in [-0.15, -0.1) is 0 Å². The first-order valence-electron chi connectivity index (χ1n) is 6.82. The first-order valence-corrected chi connectivity index (χ1v) is 7.20. The summed E-state index contributed by atoms with van der Waals surface area (Å²) >= 11 is 5.79. The van der Waals surface area contributed by atoms with Crippen LogP contribution in [0, 0.1) is 5.82 Å². The maximum Gasteiger partial charge on any atom is 0.134 e. The highest BCUT2D eigenvalue weighted by Crippen LogP contribution is 2.43. The molecule has 2 N–H and O–H groups in total. The van der Waals surface area contributed by atoms with E-state index >= 15 is 0 Å². The molecule has 2 aromatic rings. The van der Waals surface area contributed by atoms with E-state index in [1.54, 1.807) is 12.1 Å². The zero-order valence-electron chi connectivity index (χ0n) is 11.5. The average molecular weight is 294 g/mol. The van der Waals surface area contributed by atoms with Crippen molar-refractivity contribution in [3.63, 3.8) is 0 Å². The summed E-state index contributed by atoms with van der Waals surface area (Å²) in [5.41, 5.74) is 7.14. The van der Waals surface area contributed by atoms with Gasteiger partial charge in [0, 0.05) is 22.5 Å². The number of benzene rings is 1. The van der Waals surface area contributed by atoms with E-state index in [2.05, 4.69) is 18.8 Å². The lowest BCUT2D eigenvalue weighted by atomic mass is 10.1. The van der Waals surface area contributed by atoms with Crippen molar-refractivity contribution < 1.29 is 4.39 Å². The molecule has 0 amide bonds. The minimum Gasteiger partial charge on any atom is -0.383 e. The zero-order valence-corrected chi connectivity index (χ0v) is 12.3. The molecule has 1 aromatic carbocycles. The summed E-state index contributed by atoms with van der Waals surface area (Å²) in [7, 11) is 0. The second kappa shape index (κ2) is 4.77. The number of anilines is 1. The van der Waals surface area contributed by atoms with Crippen LogP contribution in [-0.2, 0) is 0 Å². The minimum absolute atomic E-state index is 0.210. The van der Waals surface area contributed by atoms with Crippen LogP contribution in [0.1, 0.15) is 44.5 Å². The predicted molar refractivity (Wildman–Crippen MR) is 79.4 cm³/mol. The Balaban J connectivity index is 2.16. The van der Waals surface area contributed by atoms with Crippen LogP contribution < -0.4 is 5.73 Å². The maximum absolute atomic E-state index is 14.1. The van der Waals surface area contributed by atoms with Gasteiger partial charge in [-0.05, 0) is 44.9 Å². The average Bonchev–Trinajstić information content (AvgIpc) is 3.14. The van der Waals surface area contributed by atoms with E-state index in [-0.39, 0.29) is 11.9 Å². The van der Waals surface area contributed by atoms with Gasteiger partial charge in [0.1, 0.15) is 23.2 Å². The molecule has 1 aliphatic carbocycles. The van der Waals surface area contributed by atoms with Crippen molar-refractivity contribution in [3.05, 3.63) is 34.9 Å². The Kier molecular flexibility index (Phi) is 3.21. The van der Waals surface area contributed by atoms with E-state index in [1.807, 2.05) is 4.57 Å². The van der Waals surface area contributed by atoms with E-state index in [9.17, 15) is 4.39 Å². The highest BCUT2D eigenvalue weighted by Gasteiger charge is 2.32. The van der Waals surface area contributed by atoms with E-state index in [0.29, 0.717) is 28.0 Å². The third-order valence-electron chi connectivity index (χ3n) is 3.62. The van der Waals surface area contributed by atoms with E-state index < -0.39 is 0 Å². The summed E-state index contributed by atoms with van der Waals surface area (Å²) in [6.07, 6.45) is 2.26. The number of hydrogen-bond acceptors (Lipinski definition) is 2. The van der Waals surface area contributed by atoms with Gasteiger partial charge in [-0.25, -0.2) is 9.37 Å². The topological polar surface area (TPSA) is 43.8 Å². The molecular weight excluding hydrogens is 277 g/mol. The van der Waals surface area contributed by atoms with Crippen molar-refractivity contribution in [2.45, 2.75) is 38.6 Å². The molecule has 0 unspecified atom stereocenters. The van der Waals surface area contributed by atoms with Crippen LogP contribution in [0.4, 0.5) is 10.2 Å². The highest BCUT2D eigenvalue weighted by atomic mass is 35.5. The smallest absolute Gasteiger partial charge is 0.134 e. The fraction of sp³-hybridized carbons (Fsp3) is 0.400. The van der Waals surface area contributed by atoms with Crippen LogP contribution in [0.25, 0.3) is 11.3 Å². The standard InChI is InChI=1S/C15H17ClFN3/c1-8(2)20-14(18)13(19-15(20)9-3-4-9)11-6-5-10(16)7-12(11)17/h5-9H,3-4,18H2,1-2H3. The molecule has 1 aliphatic rings. The Morgan fingerprint density at radius 1 is 1.40 bits per heavy atom. The molecule has 1 saturated carbocycles. The Labute approximate surface area is 122 Å². The number of aromatic nitrogens is 2. The molecule has 5 heteroatoms. The van der Waals surface area contributed by atoms with Crippen LogP contribution in [0.5, 0.6) is 0 Å². The Morgan fingerprint density at radius 3 is 2.65 bits per heavy atom. The van der Waals surface area contributed by atoms with Crippen molar-refractivity contribution in [3.8, 4) is 11.3 Å². The summed E-state index contributed by atoms with van der Waals surface area (Å²) < 4.78 is 16.1. The lowest BCUT2D eigenvalue weighted by Crippen LogP contribution is -2.09. The number of hydrogen-bond donors (Lipinski definition) is 1. The van der Waals surface area contributed by atoms with Crippen LogP contribution in [0.15, 0.2) is 18.2 Å². The molecule has 0 spiro atoms. The first kappa shape index (κ1) is 13.4. The number of imidazole rings is 1. The second-order valence-electron chi connectivity index (χ2n) is 5.57. The van der Waals surface area contributed by atoms with Gasteiger partial charge in [0.2, 0.25) is 0 Å². The monoisotopic (exact) mass is 293 g/mol. The third kappa shape index (κ3) is 2.18. The lowest BCUT2D eigenvalue weighted by molar-refractivity contribution is 0.576. The van der Waals surface area contributed by atoms with Crippen molar-refractivity contribution in [1.29, 1.82) is 0 Å². The molecule has 0 atom stereocenters. The normalized spacial score (nSPS) is 15.1. The number of nitrogens with two attached hydrogens (primary N) is 1. The molecule has 0 aliphatic heterocycles. The first-order chi connectivity index (χ1) is 9.49. The Hall–Kier alpha value is -1.55. The van der Waals surface area contributed by atoms with E-state index in [0.717, 1.165) is 18.7 Å². The van der Waals surface area contributed by atoms with Gasteiger partial charge >= 0.3 is 0 Å².